The zero-order chi connectivity index (χ0) is 18.4. The molecule has 1 aromatic carbocycles. The first kappa shape index (κ1) is 18.4. The minimum atomic E-state index is 0.296. The quantitative estimate of drug-likeness (QED) is 0.605. The lowest BCUT2D eigenvalue weighted by Gasteiger charge is -2.25. The van der Waals surface area contributed by atoms with Gasteiger partial charge in [-0.05, 0) is 25.3 Å². The number of fused-ring (bicyclic) bond motifs is 1. The lowest BCUT2D eigenvalue weighted by Crippen LogP contribution is -2.47. The number of guanidine groups is 1. The van der Waals surface area contributed by atoms with Gasteiger partial charge in [-0.3, -0.25) is 4.99 Å². The van der Waals surface area contributed by atoms with E-state index in [1.54, 1.807) is 7.11 Å². The molecule has 0 amide bonds. The van der Waals surface area contributed by atoms with Gasteiger partial charge in [0.15, 0.2) is 11.8 Å². The number of benzene rings is 1. The van der Waals surface area contributed by atoms with E-state index in [4.69, 9.17) is 4.74 Å². The third-order valence-electron chi connectivity index (χ3n) is 4.53. The molecule has 0 aliphatic carbocycles. The van der Waals surface area contributed by atoms with E-state index >= 15 is 0 Å². The first-order chi connectivity index (χ1) is 12.7. The van der Waals surface area contributed by atoms with Crippen LogP contribution in [0.5, 0.6) is 0 Å². The fourth-order valence-electron chi connectivity index (χ4n) is 3.25. The lowest BCUT2D eigenvalue weighted by atomic mass is 10.1. The fraction of sp³-hybridized carbons (Fsp3) is 0.526. The summed E-state index contributed by atoms with van der Waals surface area (Å²) in [5.41, 5.74) is 2.63. The van der Waals surface area contributed by atoms with Gasteiger partial charge in [0.1, 0.15) is 12.4 Å². The van der Waals surface area contributed by atoms with Gasteiger partial charge < -0.3 is 15.4 Å². The molecule has 1 atom stereocenters. The van der Waals surface area contributed by atoms with E-state index in [2.05, 4.69) is 56.9 Å². The molecule has 26 heavy (non-hydrogen) atoms. The minimum Gasteiger partial charge on any atom is -0.377 e. The normalized spacial score (nSPS) is 17.0. The van der Waals surface area contributed by atoms with Gasteiger partial charge in [-0.15, -0.1) is 0 Å². The Morgan fingerprint density at radius 1 is 1.42 bits per heavy atom. The number of methoxy groups -OCH3 is 1. The second-order valence-electron chi connectivity index (χ2n) is 6.68. The van der Waals surface area contributed by atoms with E-state index in [9.17, 15) is 0 Å². The van der Waals surface area contributed by atoms with Crippen molar-refractivity contribution in [1.82, 2.24) is 25.4 Å². The summed E-state index contributed by atoms with van der Waals surface area (Å²) < 4.78 is 7.10. The Morgan fingerprint density at radius 2 is 2.31 bits per heavy atom. The Labute approximate surface area is 154 Å². The molecule has 0 spiro atoms. The van der Waals surface area contributed by atoms with Gasteiger partial charge in [-0.1, -0.05) is 29.8 Å². The SMILES string of the molecule is CN=C(NCCc1cccc(C)c1)NC1CCc2nc(COC)nn2C1. The van der Waals surface area contributed by atoms with Crippen LogP contribution in [0.4, 0.5) is 0 Å². The largest absolute Gasteiger partial charge is 0.377 e. The van der Waals surface area contributed by atoms with Gasteiger partial charge in [-0.25, -0.2) is 9.67 Å². The van der Waals surface area contributed by atoms with Crippen LogP contribution in [0.1, 0.15) is 29.2 Å². The second-order valence-corrected chi connectivity index (χ2v) is 6.68. The number of hydrogen-bond acceptors (Lipinski definition) is 4. The molecule has 2 heterocycles. The Bertz CT molecular complexity index is 754. The second kappa shape index (κ2) is 8.80. The van der Waals surface area contributed by atoms with Crippen molar-refractivity contribution in [3.63, 3.8) is 0 Å². The molecular weight excluding hydrogens is 328 g/mol. The van der Waals surface area contributed by atoms with Gasteiger partial charge in [0.2, 0.25) is 0 Å². The van der Waals surface area contributed by atoms with Crippen LogP contribution in [0.2, 0.25) is 0 Å². The molecule has 2 aromatic rings. The highest BCUT2D eigenvalue weighted by atomic mass is 16.5. The highest BCUT2D eigenvalue weighted by molar-refractivity contribution is 5.79. The Morgan fingerprint density at radius 3 is 3.08 bits per heavy atom. The topological polar surface area (TPSA) is 76.4 Å². The van der Waals surface area contributed by atoms with Crippen molar-refractivity contribution in [2.75, 3.05) is 20.7 Å². The van der Waals surface area contributed by atoms with Crippen LogP contribution in [-0.4, -0.2) is 47.5 Å². The van der Waals surface area contributed by atoms with E-state index in [1.165, 1.54) is 11.1 Å². The zero-order valence-electron chi connectivity index (χ0n) is 15.8. The Balaban J connectivity index is 1.49. The predicted molar refractivity (Wildman–Crippen MR) is 102 cm³/mol. The third-order valence-corrected chi connectivity index (χ3v) is 4.53. The first-order valence-corrected chi connectivity index (χ1v) is 9.12. The summed E-state index contributed by atoms with van der Waals surface area (Å²) in [6.45, 7) is 4.23. The van der Waals surface area contributed by atoms with E-state index in [-0.39, 0.29) is 0 Å². The van der Waals surface area contributed by atoms with Crippen molar-refractivity contribution in [3.05, 3.63) is 47.0 Å². The molecule has 7 nitrogen and oxygen atoms in total. The molecule has 1 aliphatic rings. The summed E-state index contributed by atoms with van der Waals surface area (Å²) in [5.74, 6) is 2.63. The molecule has 7 heteroatoms. The summed E-state index contributed by atoms with van der Waals surface area (Å²) in [5, 5.41) is 11.4. The number of aromatic nitrogens is 3. The monoisotopic (exact) mass is 356 g/mol. The third kappa shape index (κ3) is 4.82. The molecular formula is C19H28N6O. The molecule has 1 aliphatic heterocycles. The smallest absolute Gasteiger partial charge is 0.191 e. The zero-order valence-corrected chi connectivity index (χ0v) is 15.8. The van der Waals surface area contributed by atoms with Crippen LogP contribution < -0.4 is 10.6 Å². The Hall–Kier alpha value is -2.41. The molecule has 140 valence electrons. The number of ether oxygens (including phenoxy) is 1. The summed E-state index contributed by atoms with van der Waals surface area (Å²) in [7, 11) is 3.47. The van der Waals surface area contributed by atoms with E-state index in [0.29, 0.717) is 12.6 Å². The van der Waals surface area contributed by atoms with Crippen molar-refractivity contribution in [2.24, 2.45) is 4.99 Å². The maximum Gasteiger partial charge on any atom is 0.191 e. The molecule has 0 radical (unpaired) electrons. The number of hydrogen-bond donors (Lipinski definition) is 2. The van der Waals surface area contributed by atoms with Gasteiger partial charge >= 0.3 is 0 Å². The van der Waals surface area contributed by atoms with E-state index in [1.807, 2.05) is 11.7 Å². The van der Waals surface area contributed by atoms with Crippen molar-refractivity contribution in [3.8, 4) is 0 Å². The molecule has 3 rings (SSSR count). The lowest BCUT2D eigenvalue weighted by molar-refractivity contribution is 0.177. The minimum absolute atomic E-state index is 0.296. The summed E-state index contributed by atoms with van der Waals surface area (Å²) in [6, 6.07) is 8.91. The maximum atomic E-state index is 5.12. The van der Waals surface area contributed by atoms with E-state index in [0.717, 1.165) is 50.0 Å². The molecule has 0 saturated heterocycles. The van der Waals surface area contributed by atoms with Gasteiger partial charge in [0.05, 0.1) is 6.54 Å². The Kier molecular flexibility index (Phi) is 6.22. The van der Waals surface area contributed by atoms with Crippen molar-refractivity contribution >= 4 is 5.96 Å². The highest BCUT2D eigenvalue weighted by Gasteiger charge is 2.22. The molecule has 2 N–H and O–H groups in total. The van der Waals surface area contributed by atoms with E-state index < -0.39 is 0 Å². The first-order valence-electron chi connectivity index (χ1n) is 9.12. The van der Waals surface area contributed by atoms with Crippen LogP contribution in [-0.2, 0) is 30.7 Å². The fourth-order valence-corrected chi connectivity index (χ4v) is 3.25. The maximum absolute atomic E-state index is 5.12. The number of nitrogens with zero attached hydrogens (tertiary/aromatic N) is 4. The standard InChI is InChI=1S/C19H28N6O/c1-14-5-4-6-15(11-14)9-10-21-19(20-2)22-16-7-8-18-23-17(13-26-3)24-25(18)12-16/h4-6,11,16H,7-10,12-13H2,1-3H3,(H2,20,21,22). The number of rotatable bonds is 6. The summed E-state index contributed by atoms with van der Waals surface area (Å²) in [4.78, 5) is 8.87. The summed E-state index contributed by atoms with van der Waals surface area (Å²) >= 11 is 0. The van der Waals surface area contributed by atoms with Gasteiger partial charge in [0, 0.05) is 33.2 Å². The summed E-state index contributed by atoms with van der Waals surface area (Å²) in [6.07, 6.45) is 2.90. The van der Waals surface area contributed by atoms with Crippen LogP contribution in [0.15, 0.2) is 29.3 Å². The predicted octanol–water partition coefficient (Wildman–Crippen LogP) is 1.46. The molecule has 1 unspecified atom stereocenters. The van der Waals surface area contributed by atoms with Gasteiger partial charge in [0.25, 0.3) is 0 Å². The molecule has 0 bridgehead atoms. The number of nitrogens with one attached hydrogen (secondary N) is 2. The molecule has 1 aromatic heterocycles. The van der Waals surface area contributed by atoms with Crippen molar-refractivity contribution in [1.29, 1.82) is 0 Å². The highest BCUT2D eigenvalue weighted by Crippen LogP contribution is 2.13. The number of aliphatic imine (C=N–C) groups is 1. The van der Waals surface area contributed by atoms with Crippen molar-refractivity contribution < 1.29 is 4.74 Å². The molecule has 0 saturated carbocycles. The van der Waals surface area contributed by atoms with Gasteiger partial charge in [-0.2, -0.15) is 5.10 Å². The average molecular weight is 356 g/mol. The van der Waals surface area contributed by atoms with Crippen molar-refractivity contribution in [2.45, 2.75) is 45.4 Å². The molecule has 0 fully saturated rings. The number of aryl methyl sites for hydroxylation is 2. The van der Waals surface area contributed by atoms with Crippen LogP contribution in [0, 0.1) is 6.92 Å². The van der Waals surface area contributed by atoms with Crippen LogP contribution in [0.3, 0.4) is 0 Å². The van der Waals surface area contributed by atoms with Crippen LogP contribution in [0.25, 0.3) is 0 Å². The average Bonchev–Trinajstić information content (AvgIpc) is 3.03. The van der Waals surface area contributed by atoms with Crippen LogP contribution >= 0.6 is 0 Å².